The highest BCUT2D eigenvalue weighted by atomic mass is 19.1. The topological polar surface area (TPSA) is 48.6 Å². The van der Waals surface area contributed by atoms with Crippen molar-refractivity contribution in [2.75, 3.05) is 38.2 Å². The summed E-state index contributed by atoms with van der Waals surface area (Å²) in [6, 6.07) is 1.81. The molecule has 2 atom stereocenters. The predicted molar refractivity (Wildman–Crippen MR) is 105 cm³/mol. The Balaban J connectivity index is 1.83. The molecule has 0 bridgehead atoms. The maximum absolute atomic E-state index is 15.3. The lowest BCUT2D eigenvalue weighted by molar-refractivity contribution is 0.0528. The van der Waals surface area contributed by atoms with Crippen LogP contribution in [0, 0.1) is 25.6 Å². The van der Waals surface area contributed by atoms with Crippen molar-refractivity contribution in [1.82, 2.24) is 9.88 Å². The van der Waals surface area contributed by atoms with Crippen LogP contribution in [0.3, 0.4) is 0 Å². The summed E-state index contributed by atoms with van der Waals surface area (Å²) in [5.74, 6) is -0.249. The summed E-state index contributed by atoms with van der Waals surface area (Å²) in [5, 5.41) is 0.817. The molecule has 1 N–H and O–H groups in total. The van der Waals surface area contributed by atoms with E-state index in [-0.39, 0.29) is 18.0 Å². The third-order valence-corrected chi connectivity index (χ3v) is 6.37. The first-order valence-corrected chi connectivity index (χ1v) is 9.86. The van der Waals surface area contributed by atoms with Crippen LogP contribution in [0.25, 0.3) is 10.9 Å². The molecule has 5 nitrogen and oxygen atoms in total. The van der Waals surface area contributed by atoms with Crippen molar-refractivity contribution in [1.29, 1.82) is 0 Å². The van der Waals surface area contributed by atoms with Gasteiger partial charge in [0.25, 0.3) is 0 Å². The normalized spacial score (nSPS) is 23.1. The summed E-state index contributed by atoms with van der Waals surface area (Å²) in [5.41, 5.74) is 3.54. The minimum Gasteiger partial charge on any atom is -0.462 e. The molecule has 1 aromatic heterocycles. The molecule has 2 saturated heterocycles. The molecule has 27 heavy (non-hydrogen) atoms. The van der Waals surface area contributed by atoms with Gasteiger partial charge < -0.3 is 19.5 Å². The lowest BCUT2D eigenvalue weighted by Gasteiger charge is -2.33. The highest BCUT2D eigenvalue weighted by Crippen LogP contribution is 2.40. The van der Waals surface area contributed by atoms with Crippen LogP contribution in [0.4, 0.5) is 10.1 Å². The van der Waals surface area contributed by atoms with E-state index in [2.05, 4.69) is 21.8 Å². The number of piperidine rings is 1. The number of halogens is 1. The highest BCUT2D eigenvalue weighted by molar-refractivity contribution is 6.09. The zero-order valence-corrected chi connectivity index (χ0v) is 16.6. The van der Waals surface area contributed by atoms with Crippen molar-refractivity contribution < 1.29 is 13.9 Å². The summed E-state index contributed by atoms with van der Waals surface area (Å²) in [7, 11) is 2.17. The number of carbonyl (C=O) groups is 1. The number of benzene rings is 1. The molecule has 4 rings (SSSR count). The van der Waals surface area contributed by atoms with Crippen LogP contribution < -0.4 is 4.90 Å². The second-order valence-electron chi connectivity index (χ2n) is 7.96. The first kappa shape index (κ1) is 18.3. The fourth-order valence-electron chi connectivity index (χ4n) is 4.87. The number of nitrogens with one attached hydrogen (secondary N) is 1. The van der Waals surface area contributed by atoms with Crippen molar-refractivity contribution in [3.05, 3.63) is 28.7 Å². The molecule has 0 amide bonds. The maximum atomic E-state index is 15.3. The zero-order chi connectivity index (χ0) is 19.3. The molecule has 0 aliphatic carbocycles. The average Bonchev–Trinajstić information content (AvgIpc) is 3.18. The number of aryl methyl sites for hydroxylation is 2. The van der Waals surface area contributed by atoms with Gasteiger partial charge in [-0.05, 0) is 64.8 Å². The molecule has 0 spiro atoms. The highest BCUT2D eigenvalue weighted by Gasteiger charge is 2.39. The molecule has 146 valence electrons. The molecule has 2 fully saturated rings. The van der Waals surface area contributed by atoms with E-state index in [1.807, 2.05) is 13.8 Å². The maximum Gasteiger partial charge on any atom is 0.340 e. The largest absolute Gasteiger partial charge is 0.462 e. The third kappa shape index (κ3) is 2.90. The van der Waals surface area contributed by atoms with Gasteiger partial charge in [-0.2, -0.15) is 0 Å². The molecule has 0 saturated carbocycles. The van der Waals surface area contributed by atoms with Crippen LogP contribution in [0.15, 0.2) is 6.07 Å². The molecule has 1 aromatic carbocycles. The van der Waals surface area contributed by atoms with E-state index in [1.165, 1.54) is 18.9 Å². The SMILES string of the molecule is CCOC(=O)c1cc(F)c(N2CC3CCCN(C)C3C2)c2c(C)c(C)[nH]c12. The van der Waals surface area contributed by atoms with Crippen molar-refractivity contribution in [2.45, 2.75) is 39.7 Å². The van der Waals surface area contributed by atoms with Gasteiger partial charge in [0.05, 0.1) is 23.4 Å². The van der Waals surface area contributed by atoms with Crippen LogP contribution >= 0.6 is 0 Å². The summed E-state index contributed by atoms with van der Waals surface area (Å²) >= 11 is 0. The quantitative estimate of drug-likeness (QED) is 0.835. The minimum absolute atomic E-state index is 0.268. The van der Waals surface area contributed by atoms with Crippen LogP contribution in [0.1, 0.15) is 41.4 Å². The Morgan fingerprint density at radius 1 is 1.37 bits per heavy atom. The second-order valence-corrected chi connectivity index (χ2v) is 7.96. The van der Waals surface area contributed by atoms with E-state index in [0.29, 0.717) is 23.2 Å². The van der Waals surface area contributed by atoms with Crippen LogP contribution in [0.2, 0.25) is 0 Å². The molecule has 2 aliphatic heterocycles. The summed E-state index contributed by atoms with van der Waals surface area (Å²) in [4.78, 5) is 20.3. The summed E-state index contributed by atoms with van der Waals surface area (Å²) in [6.07, 6.45) is 2.40. The first-order chi connectivity index (χ1) is 12.9. The second kappa shape index (κ2) is 6.82. The van der Waals surface area contributed by atoms with Crippen molar-refractivity contribution in [2.24, 2.45) is 5.92 Å². The van der Waals surface area contributed by atoms with Gasteiger partial charge in [-0.25, -0.2) is 9.18 Å². The molecule has 2 aromatic rings. The number of nitrogens with zero attached hydrogens (tertiary/aromatic N) is 2. The smallest absolute Gasteiger partial charge is 0.340 e. The summed E-state index contributed by atoms with van der Waals surface area (Å²) < 4.78 is 20.5. The molecular formula is C21H28FN3O2. The number of likely N-dealkylation sites (tertiary alicyclic amines) is 1. The third-order valence-electron chi connectivity index (χ3n) is 6.37. The van der Waals surface area contributed by atoms with E-state index in [0.717, 1.165) is 36.3 Å². The number of esters is 1. The van der Waals surface area contributed by atoms with E-state index in [4.69, 9.17) is 4.74 Å². The Morgan fingerprint density at radius 2 is 2.15 bits per heavy atom. The fraction of sp³-hybridized carbons (Fsp3) is 0.571. The van der Waals surface area contributed by atoms with Gasteiger partial charge in [-0.15, -0.1) is 0 Å². The molecule has 0 radical (unpaired) electrons. The number of likely N-dealkylation sites (N-methyl/N-ethyl adjacent to an activating group) is 1. The van der Waals surface area contributed by atoms with Gasteiger partial charge in [0, 0.05) is 30.2 Å². The average molecular weight is 373 g/mol. The van der Waals surface area contributed by atoms with Crippen LogP contribution in [-0.4, -0.2) is 55.2 Å². The minimum atomic E-state index is -0.482. The van der Waals surface area contributed by atoms with Gasteiger partial charge in [0.15, 0.2) is 0 Å². The summed E-state index contributed by atoms with van der Waals surface area (Å²) in [6.45, 7) is 8.78. The molecule has 3 heterocycles. The van der Waals surface area contributed by atoms with Gasteiger partial charge in [0.1, 0.15) is 5.82 Å². The van der Waals surface area contributed by atoms with Gasteiger partial charge >= 0.3 is 5.97 Å². The first-order valence-electron chi connectivity index (χ1n) is 9.86. The number of H-pyrrole nitrogens is 1. The zero-order valence-electron chi connectivity index (χ0n) is 16.6. The molecule has 6 heteroatoms. The van der Waals surface area contributed by atoms with Crippen LogP contribution in [0.5, 0.6) is 0 Å². The number of hydrogen-bond acceptors (Lipinski definition) is 4. The number of ether oxygens (including phenoxy) is 1. The monoisotopic (exact) mass is 373 g/mol. The number of rotatable bonds is 3. The standard InChI is InChI=1S/C21H28FN3O2/c1-5-27-21(26)15-9-16(22)20(18-12(2)13(3)23-19(15)18)25-10-14-7-6-8-24(4)17(14)11-25/h9,14,17,23H,5-8,10-11H2,1-4H3. The Hall–Kier alpha value is -2.08. The van der Waals surface area contributed by atoms with E-state index in [1.54, 1.807) is 6.92 Å². The van der Waals surface area contributed by atoms with Crippen LogP contribution in [-0.2, 0) is 4.74 Å². The molecule has 2 aliphatic rings. The van der Waals surface area contributed by atoms with Gasteiger partial charge in [-0.3, -0.25) is 0 Å². The van der Waals surface area contributed by atoms with Crippen molar-refractivity contribution in [3.63, 3.8) is 0 Å². The van der Waals surface area contributed by atoms with E-state index < -0.39 is 5.97 Å². The van der Waals surface area contributed by atoms with Gasteiger partial charge in [0.2, 0.25) is 0 Å². The van der Waals surface area contributed by atoms with E-state index in [9.17, 15) is 4.79 Å². The fourth-order valence-corrected chi connectivity index (χ4v) is 4.87. The lowest BCUT2D eigenvalue weighted by atomic mass is 9.93. The molecular weight excluding hydrogens is 345 g/mol. The predicted octanol–water partition coefficient (Wildman–Crippen LogP) is 3.63. The van der Waals surface area contributed by atoms with Gasteiger partial charge in [-0.1, -0.05) is 0 Å². The number of fused-ring (bicyclic) bond motifs is 2. The Bertz CT molecular complexity index is 891. The number of carbonyl (C=O) groups excluding carboxylic acids is 1. The Labute approximate surface area is 159 Å². The number of anilines is 1. The Kier molecular flexibility index (Phi) is 4.62. The number of hydrogen-bond donors (Lipinski definition) is 1. The van der Waals surface area contributed by atoms with E-state index >= 15 is 4.39 Å². The number of aromatic amines is 1. The molecule has 2 unspecified atom stereocenters. The Morgan fingerprint density at radius 3 is 2.85 bits per heavy atom. The van der Waals surface area contributed by atoms with Crippen molar-refractivity contribution >= 4 is 22.6 Å². The number of aromatic nitrogens is 1. The van der Waals surface area contributed by atoms with Crippen molar-refractivity contribution in [3.8, 4) is 0 Å². The lowest BCUT2D eigenvalue weighted by Crippen LogP contribution is -2.42.